The van der Waals surface area contributed by atoms with Crippen LogP contribution in [0.25, 0.3) is 10.9 Å². The van der Waals surface area contributed by atoms with E-state index < -0.39 is 17.5 Å². The molecule has 0 bridgehead atoms. The number of amides is 1. The zero-order valence-electron chi connectivity index (χ0n) is 15.1. The van der Waals surface area contributed by atoms with Crippen LogP contribution in [-0.4, -0.2) is 40.8 Å². The number of rotatable bonds is 2. The predicted molar refractivity (Wildman–Crippen MR) is 99.1 cm³/mol. The second kappa shape index (κ2) is 7.23. The van der Waals surface area contributed by atoms with Crippen molar-refractivity contribution in [3.05, 3.63) is 29.4 Å². The molecule has 26 heavy (non-hydrogen) atoms. The van der Waals surface area contributed by atoms with Crippen molar-refractivity contribution in [2.45, 2.75) is 45.3 Å². The number of anilines is 1. The standard InChI is InChI=1S/C18H22ClFN4O2/c1-18(2,3)26-17(25)23-11-5-4-6-24(10-11)16-12-7-15(19)22-9-14(12)21-8-13(16)20/h7-9,11H,4-6,10H2,1-3H3,(H,23,25)/t11-/m0/s1. The number of alkyl carbamates (subject to hydrolysis) is 1. The van der Waals surface area contributed by atoms with Gasteiger partial charge in [-0.25, -0.2) is 14.2 Å². The van der Waals surface area contributed by atoms with E-state index in [1.54, 1.807) is 6.07 Å². The fourth-order valence-corrected chi connectivity index (χ4v) is 3.28. The zero-order valence-corrected chi connectivity index (χ0v) is 15.8. The molecule has 0 aliphatic carbocycles. The zero-order chi connectivity index (χ0) is 18.9. The Morgan fingerprint density at radius 1 is 1.38 bits per heavy atom. The van der Waals surface area contributed by atoms with Crippen LogP contribution in [0.1, 0.15) is 33.6 Å². The fraction of sp³-hybridized carbons (Fsp3) is 0.500. The lowest BCUT2D eigenvalue weighted by atomic mass is 10.0. The number of hydrogen-bond donors (Lipinski definition) is 1. The Hall–Kier alpha value is -2.15. The second-order valence-corrected chi connectivity index (χ2v) is 7.80. The van der Waals surface area contributed by atoms with E-state index in [-0.39, 0.29) is 11.2 Å². The van der Waals surface area contributed by atoms with Crippen molar-refractivity contribution >= 4 is 34.3 Å². The van der Waals surface area contributed by atoms with Gasteiger partial charge in [-0.3, -0.25) is 4.98 Å². The van der Waals surface area contributed by atoms with Gasteiger partial charge in [-0.05, 0) is 39.7 Å². The summed E-state index contributed by atoms with van der Waals surface area (Å²) in [5, 5.41) is 3.77. The number of hydrogen-bond acceptors (Lipinski definition) is 5. The summed E-state index contributed by atoms with van der Waals surface area (Å²) in [6.45, 7) is 6.61. The van der Waals surface area contributed by atoms with Crippen molar-refractivity contribution < 1.29 is 13.9 Å². The summed E-state index contributed by atoms with van der Waals surface area (Å²) in [5.74, 6) is -0.419. The first-order chi connectivity index (χ1) is 12.2. The highest BCUT2D eigenvalue weighted by Gasteiger charge is 2.27. The Morgan fingerprint density at radius 3 is 2.88 bits per heavy atom. The molecule has 1 atom stereocenters. The van der Waals surface area contributed by atoms with Crippen molar-refractivity contribution in [1.29, 1.82) is 0 Å². The highest BCUT2D eigenvalue weighted by Crippen LogP contribution is 2.31. The van der Waals surface area contributed by atoms with Crippen molar-refractivity contribution in [1.82, 2.24) is 15.3 Å². The van der Waals surface area contributed by atoms with Crippen molar-refractivity contribution in [3.63, 3.8) is 0 Å². The molecule has 1 saturated heterocycles. The minimum Gasteiger partial charge on any atom is -0.444 e. The first kappa shape index (κ1) is 18.6. The average molecular weight is 381 g/mol. The van der Waals surface area contributed by atoms with Crippen LogP contribution in [0.4, 0.5) is 14.9 Å². The normalized spacial score (nSPS) is 18.0. The van der Waals surface area contributed by atoms with Gasteiger partial charge in [0.25, 0.3) is 0 Å². The van der Waals surface area contributed by atoms with Gasteiger partial charge in [-0.2, -0.15) is 0 Å². The third kappa shape index (κ3) is 4.33. The molecule has 6 nitrogen and oxygen atoms in total. The number of pyridine rings is 2. The van der Waals surface area contributed by atoms with E-state index in [9.17, 15) is 9.18 Å². The highest BCUT2D eigenvalue weighted by atomic mass is 35.5. The lowest BCUT2D eigenvalue weighted by molar-refractivity contribution is 0.0500. The fourth-order valence-electron chi connectivity index (χ4n) is 3.12. The Kier molecular flexibility index (Phi) is 5.18. The van der Waals surface area contributed by atoms with Gasteiger partial charge in [0, 0.05) is 24.5 Å². The Balaban J connectivity index is 1.82. The summed E-state index contributed by atoms with van der Waals surface area (Å²) in [6.07, 6.45) is 3.89. The molecule has 2 aromatic heterocycles. The number of carbonyl (C=O) groups is 1. The largest absolute Gasteiger partial charge is 0.444 e. The van der Waals surface area contributed by atoms with E-state index in [0.717, 1.165) is 12.8 Å². The summed E-state index contributed by atoms with van der Waals surface area (Å²) >= 11 is 5.99. The molecule has 0 saturated carbocycles. The molecule has 1 aliphatic heterocycles. The number of nitrogens with one attached hydrogen (secondary N) is 1. The number of fused-ring (bicyclic) bond motifs is 1. The van der Waals surface area contributed by atoms with Crippen LogP contribution in [0.2, 0.25) is 5.15 Å². The van der Waals surface area contributed by atoms with Gasteiger partial charge >= 0.3 is 6.09 Å². The van der Waals surface area contributed by atoms with Crippen LogP contribution in [-0.2, 0) is 4.74 Å². The molecule has 1 fully saturated rings. The van der Waals surface area contributed by atoms with Gasteiger partial charge in [0.2, 0.25) is 0 Å². The van der Waals surface area contributed by atoms with Gasteiger partial charge in [0.05, 0.1) is 23.6 Å². The summed E-state index contributed by atoms with van der Waals surface area (Å²) in [7, 11) is 0. The third-order valence-electron chi connectivity index (χ3n) is 4.11. The van der Waals surface area contributed by atoms with Crippen molar-refractivity contribution in [2.75, 3.05) is 18.0 Å². The number of halogens is 2. The number of aromatic nitrogens is 2. The molecular weight excluding hydrogens is 359 g/mol. The lowest BCUT2D eigenvalue weighted by Crippen LogP contribution is -2.49. The molecule has 0 aromatic carbocycles. The molecular formula is C18H22ClFN4O2. The van der Waals surface area contributed by atoms with Crippen molar-refractivity contribution in [3.8, 4) is 0 Å². The molecule has 140 valence electrons. The van der Waals surface area contributed by atoms with Crippen LogP contribution >= 0.6 is 11.6 Å². The Labute approximate surface area is 156 Å². The highest BCUT2D eigenvalue weighted by molar-refractivity contribution is 6.30. The van der Waals surface area contributed by atoms with Gasteiger partial charge in [0.1, 0.15) is 10.8 Å². The summed E-state index contributed by atoms with van der Waals surface area (Å²) in [5.41, 5.74) is 0.457. The Morgan fingerprint density at radius 2 is 2.15 bits per heavy atom. The molecule has 8 heteroatoms. The summed E-state index contributed by atoms with van der Waals surface area (Å²) in [4.78, 5) is 22.0. The van der Waals surface area contributed by atoms with Gasteiger partial charge in [-0.15, -0.1) is 0 Å². The van der Waals surface area contributed by atoms with Crippen LogP contribution in [0.3, 0.4) is 0 Å². The topological polar surface area (TPSA) is 67.3 Å². The first-order valence-corrected chi connectivity index (χ1v) is 8.95. The maximum Gasteiger partial charge on any atom is 0.407 e. The van der Waals surface area contributed by atoms with Gasteiger partial charge < -0.3 is 15.0 Å². The van der Waals surface area contributed by atoms with Crippen LogP contribution in [0.15, 0.2) is 18.5 Å². The number of carbonyl (C=O) groups excluding carboxylic acids is 1. The van der Waals surface area contributed by atoms with Crippen LogP contribution < -0.4 is 10.2 Å². The lowest BCUT2D eigenvalue weighted by Gasteiger charge is -2.35. The van der Waals surface area contributed by atoms with E-state index in [1.807, 2.05) is 25.7 Å². The molecule has 0 radical (unpaired) electrons. The Bertz CT molecular complexity index is 819. The molecule has 0 unspecified atom stereocenters. The average Bonchev–Trinajstić information content (AvgIpc) is 2.53. The van der Waals surface area contributed by atoms with E-state index in [4.69, 9.17) is 16.3 Å². The number of ether oxygens (including phenoxy) is 1. The molecule has 0 spiro atoms. The smallest absolute Gasteiger partial charge is 0.407 e. The number of nitrogens with zero attached hydrogens (tertiary/aromatic N) is 3. The third-order valence-corrected chi connectivity index (χ3v) is 4.31. The molecule has 3 rings (SSSR count). The SMILES string of the molecule is CC(C)(C)OC(=O)N[C@H]1CCCN(c2c(F)cnc3cnc(Cl)cc23)C1. The second-order valence-electron chi connectivity index (χ2n) is 7.41. The summed E-state index contributed by atoms with van der Waals surface area (Å²) < 4.78 is 19.9. The quantitative estimate of drug-likeness (QED) is 0.800. The molecule has 3 heterocycles. The molecule has 2 aromatic rings. The monoisotopic (exact) mass is 380 g/mol. The number of piperidine rings is 1. The van der Waals surface area contributed by atoms with Crippen LogP contribution in [0.5, 0.6) is 0 Å². The summed E-state index contributed by atoms with van der Waals surface area (Å²) in [6, 6.07) is 1.49. The minimum atomic E-state index is -0.560. The maximum atomic E-state index is 14.6. The minimum absolute atomic E-state index is 0.126. The van der Waals surface area contributed by atoms with Gasteiger partial charge in [-0.1, -0.05) is 11.6 Å². The van der Waals surface area contributed by atoms with Crippen LogP contribution in [0, 0.1) is 5.82 Å². The van der Waals surface area contributed by atoms with E-state index in [1.165, 1.54) is 12.4 Å². The molecule has 1 aliphatic rings. The maximum absolute atomic E-state index is 14.6. The van der Waals surface area contributed by atoms with E-state index in [2.05, 4.69) is 15.3 Å². The predicted octanol–water partition coefficient (Wildman–Crippen LogP) is 3.92. The van der Waals surface area contributed by atoms with E-state index in [0.29, 0.717) is 29.7 Å². The molecule has 1 amide bonds. The van der Waals surface area contributed by atoms with Gasteiger partial charge in [0.15, 0.2) is 5.82 Å². The first-order valence-electron chi connectivity index (χ1n) is 8.57. The van der Waals surface area contributed by atoms with Crippen molar-refractivity contribution in [2.24, 2.45) is 0 Å². The molecule has 1 N–H and O–H groups in total. The van der Waals surface area contributed by atoms with E-state index >= 15 is 0 Å².